The maximum Gasteiger partial charge on any atom is 0.147 e. The summed E-state index contributed by atoms with van der Waals surface area (Å²) in [6.07, 6.45) is 1.70. The van der Waals surface area contributed by atoms with Gasteiger partial charge >= 0.3 is 0 Å². The highest BCUT2D eigenvalue weighted by Gasteiger charge is 2.17. The van der Waals surface area contributed by atoms with Crippen LogP contribution >= 0.6 is 11.6 Å². The number of hydrogen-bond donors (Lipinski definition) is 1. The second-order valence-electron chi connectivity index (χ2n) is 4.57. The fraction of sp³-hybridized carbons (Fsp3) is 0.200. The number of rotatable bonds is 2. The molecule has 0 radical (unpaired) electrons. The molecule has 3 nitrogen and oxygen atoms in total. The molecule has 96 valence electrons. The van der Waals surface area contributed by atoms with Crippen molar-refractivity contribution in [1.82, 2.24) is 4.98 Å². The van der Waals surface area contributed by atoms with Crippen molar-refractivity contribution >= 4 is 11.6 Å². The normalized spacial score (nSPS) is 10.5. The first kappa shape index (κ1) is 13.4. The second kappa shape index (κ2) is 5.29. The summed E-state index contributed by atoms with van der Waals surface area (Å²) >= 11 is 6.00. The molecule has 0 fully saturated rings. The maximum absolute atomic E-state index is 9.36. The highest BCUT2D eigenvalue weighted by atomic mass is 35.5. The number of pyridine rings is 1. The first-order valence-corrected chi connectivity index (χ1v) is 6.30. The average Bonchev–Trinajstić information content (AvgIpc) is 2.39. The molecule has 0 spiro atoms. The Morgan fingerprint density at radius 1 is 1.26 bits per heavy atom. The van der Waals surface area contributed by atoms with Gasteiger partial charge in [-0.3, -0.25) is 0 Å². The summed E-state index contributed by atoms with van der Waals surface area (Å²) in [5.41, 5.74) is 2.98. The zero-order valence-electron chi connectivity index (χ0n) is 10.7. The van der Waals surface area contributed by atoms with Crippen molar-refractivity contribution in [2.75, 3.05) is 0 Å². The monoisotopic (exact) mass is 272 g/mol. The standard InChI is InChI=1S/C15H13ClN2O/c1-9(2)13-8-18-15(16)12(7-17)14(13)10-3-5-11(19)6-4-10/h3-6,8-9,19H,1-2H3. The quantitative estimate of drug-likeness (QED) is 0.837. The van der Waals surface area contributed by atoms with Gasteiger partial charge in [0.1, 0.15) is 17.0 Å². The third kappa shape index (κ3) is 2.54. The lowest BCUT2D eigenvalue weighted by Gasteiger charge is -2.15. The van der Waals surface area contributed by atoms with Gasteiger partial charge in [0.05, 0.1) is 5.56 Å². The van der Waals surface area contributed by atoms with Crippen molar-refractivity contribution < 1.29 is 5.11 Å². The van der Waals surface area contributed by atoms with Crippen LogP contribution in [0.4, 0.5) is 0 Å². The Morgan fingerprint density at radius 2 is 1.89 bits per heavy atom. The van der Waals surface area contributed by atoms with Crippen LogP contribution in [-0.4, -0.2) is 10.1 Å². The molecule has 0 aliphatic heterocycles. The Kier molecular flexibility index (Phi) is 3.73. The van der Waals surface area contributed by atoms with Crippen LogP contribution in [0.3, 0.4) is 0 Å². The van der Waals surface area contributed by atoms with Gasteiger partial charge in [-0.2, -0.15) is 5.26 Å². The number of benzene rings is 1. The Hall–Kier alpha value is -2.05. The largest absolute Gasteiger partial charge is 0.508 e. The van der Waals surface area contributed by atoms with Crippen LogP contribution in [0.5, 0.6) is 5.75 Å². The van der Waals surface area contributed by atoms with Crippen molar-refractivity contribution in [3.05, 3.63) is 46.7 Å². The minimum absolute atomic E-state index is 0.188. The number of aromatic nitrogens is 1. The zero-order chi connectivity index (χ0) is 14.0. The molecule has 19 heavy (non-hydrogen) atoms. The van der Waals surface area contributed by atoms with E-state index in [1.807, 2.05) is 13.8 Å². The lowest BCUT2D eigenvalue weighted by molar-refractivity contribution is 0.475. The average molecular weight is 273 g/mol. The topological polar surface area (TPSA) is 56.9 Å². The molecule has 1 aromatic heterocycles. The highest BCUT2D eigenvalue weighted by molar-refractivity contribution is 6.31. The van der Waals surface area contributed by atoms with E-state index in [1.54, 1.807) is 30.5 Å². The summed E-state index contributed by atoms with van der Waals surface area (Å²) in [4.78, 5) is 4.07. The smallest absolute Gasteiger partial charge is 0.147 e. The molecule has 0 unspecified atom stereocenters. The van der Waals surface area contributed by atoms with Gasteiger partial charge in [-0.25, -0.2) is 4.98 Å². The van der Waals surface area contributed by atoms with Gasteiger partial charge in [-0.1, -0.05) is 37.6 Å². The number of aromatic hydroxyl groups is 1. The van der Waals surface area contributed by atoms with E-state index in [0.717, 1.165) is 16.7 Å². The van der Waals surface area contributed by atoms with E-state index >= 15 is 0 Å². The third-order valence-electron chi connectivity index (χ3n) is 2.95. The zero-order valence-corrected chi connectivity index (χ0v) is 11.4. The van der Waals surface area contributed by atoms with Crippen LogP contribution in [-0.2, 0) is 0 Å². The van der Waals surface area contributed by atoms with Crippen LogP contribution in [0.1, 0.15) is 30.9 Å². The molecule has 0 aliphatic carbocycles. The van der Waals surface area contributed by atoms with Gasteiger partial charge in [-0.05, 0) is 29.2 Å². The van der Waals surface area contributed by atoms with Crippen molar-refractivity contribution in [3.8, 4) is 22.9 Å². The Labute approximate surface area is 117 Å². The van der Waals surface area contributed by atoms with Crippen LogP contribution < -0.4 is 0 Å². The summed E-state index contributed by atoms with van der Waals surface area (Å²) < 4.78 is 0. The number of phenols is 1. The third-order valence-corrected chi connectivity index (χ3v) is 3.24. The van der Waals surface area contributed by atoms with Crippen molar-refractivity contribution in [3.63, 3.8) is 0 Å². The van der Waals surface area contributed by atoms with Crippen molar-refractivity contribution in [2.24, 2.45) is 0 Å². The molecule has 1 aromatic carbocycles. The second-order valence-corrected chi connectivity index (χ2v) is 4.93. The van der Waals surface area contributed by atoms with Gasteiger partial charge in [0.15, 0.2) is 0 Å². The summed E-state index contributed by atoms with van der Waals surface area (Å²) in [7, 11) is 0. The molecule has 0 bridgehead atoms. The molecule has 2 rings (SSSR count). The molecule has 4 heteroatoms. The van der Waals surface area contributed by atoms with Gasteiger partial charge in [0.2, 0.25) is 0 Å². The molecule has 0 aliphatic rings. The van der Waals surface area contributed by atoms with E-state index in [4.69, 9.17) is 11.6 Å². The summed E-state index contributed by atoms with van der Waals surface area (Å²) in [5, 5.41) is 18.9. The fourth-order valence-corrected chi connectivity index (χ4v) is 2.17. The molecule has 0 atom stereocenters. The van der Waals surface area contributed by atoms with E-state index in [1.165, 1.54) is 0 Å². The van der Waals surface area contributed by atoms with Crippen LogP contribution in [0, 0.1) is 11.3 Å². The number of phenolic OH excluding ortho intramolecular Hbond substituents is 1. The lowest BCUT2D eigenvalue weighted by Crippen LogP contribution is -1.98. The van der Waals surface area contributed by atoms with E-state index in [0.29, 0.717) is 5.56 Å². The lowest BCUT2D eigenvalue weighted by atomic mass is 9.91. The van der Waals surface area contributed by atoms with Gasteiger partial charge < -0.3 is 5.11 Å². The van der Waals surface area contributed by atoms with Crippen LogP contribution in [0.25, 0.3) is 11.1 Å². The molecular formula is C15H13ClN2O. The molecular weight excluding hydrogens is 260 g/mol. The number of nitriles is 1. The van der Waals surface area contributed by atoms with E-state index in [9.17, 15) is 10.4 Å². The highest BCUT2D eigenvalue weighted by Crippen LogP contribution is 2.35. The van der Waals surface area contributed by atoms with Crippen LogP contribution in [0.2, 0.25) is 5.15 Å². The maximum atomic E-state index is 9.36. The van der Waals surface area contributed by atoms with Gasteiger partial charge in [0.25, 0.3) is 0 Å². The fourth-order valence-electron chi connectivity index (χ4n) is 1.98. The Morgan fingerprint density at radius 3 is 2.42 bits per heavy atom. The Balaban J connectivity index is 2.75. The number of nitrogens with zero attached hydrogens (tertiary/aromatic N) is 2. The first-order valence-electron chi connectivity index (χ1n) is 5.92. The van der Waals surface area contributed by atoms with Gasteiger partial charge in [0, 0.05) is 11.8 Å². The van der Waals surface area contributed by atoms with E-state index in [-0.39, 0.29) is 16.8 Å². The molecule has 0 saturated carbocycles. The predicted molar refractivity (Wildman–Crippen MR) is 75.2 cm³/mol. The molecule has 1 heterocycles. The van der Waals surface area contributed by atoms with Gasteiger partial charge in [-0.15, -0.1) is 0 Å². The minimum atomic E-state index is 0.188. The van der Waals surface area contributed by atoms with Crippen LogP contribution in [0.15, 0.2) is 30.5 Å². The van der Waals surface area contributed by atoms with Crippen molar-refractivity contribution in [1.29, 1.82) is 5.26 Å². The predicted octanol–water partition coefficient (Wildman–Crippen LogP) is 4.10. The van der Waals surface area contributed by atoms with E-state index < -0.39 is 0 Å². The van der Waals surface area contributed by atoms with E-state index in [2.05, 4.69) is 11.1 Å². The summed E-state index contributed by atoms with van der Waals surface area (Å²) in [6.45, 7) is 4.08. The molecule has 0 saturated heterocycles. The molecule has 2 aromatic rings. The molecule has 1 N–H and O–H groups in total. The number of hydrogen-bond acceptors (Lipinski definition) is 3. The first-order chi connectivity index (χ1) is 9.04. The summed E-state index contributed by atoms with van der Waals surface area (Å²) in [6, 6.07) is 8.84. The molecule has 0 amide bonds. The summed E-state index contributed by atoms with van der Waals surface area (Å²) in [5.74, 6) is 0.411. The number of halogens is 1. The SMILES string of the molecule is CC(C)c1cnc(Cl)c(C#N)c1-c1ccc(O)cc1. The Bertz CT molecular complexity index is 642. The van der Waals surface area contributed by atoms with Crippen molar-refractivity contribution in [2.45, 2.75) is 19.8 Å². The minimum Gasteiger partial charge on any atom is -0.508 e.